The number of hydrogen-bond donors (Lipinski definition) is 1. The Hall–Kier alpha value is -1.75. The van der Waals surface area contributed by atoms with E-state index in [0.717, 1.165) is 13.1 Å². The quantitative estimate of drug-likeness (QED) is 0.813. The predicted molar refractivity (Wildman–Crippen MR) is 97.3 cm³/mol. The van der Waals surface area contributed by atoms with Crippen LogP contribution in [0.1, 0.15) is 62.3 Å². The molecule has 1 aromatic heterocycles. The lowest BCUT2D eigenvalue weighted by Gasteiger charge is -2.26. The molecule has 1 heterocycles. The van der Waals surface area contributed by atoms with Crippen LogP contribution < -0.4 is 5.32 Å². The van der Waals surface area contributed by atoms with Crippen molar-refractivity contribution in [1.82, 2.24) is 15.2 Å². The molecule has 0 spiro atoms. The van der Waals surface area contributed by atoms with Gasteiger partial charge in [0.05, 0.1) is 5.56 Å². The first-order chi connectivity index (χ1) is 10.9. The van der Waals surface area contributed by atoms with Gasteiger partial charge in [0.15, 0.2) is 5.78 Å². The van der Waals surface area contributed by atoms with Crippen molar-refractivity contribution in [3.05, 3.63) is 29.6 Å². The molecule has 0 unspecified atom stereocenters. The number of aromatic nitrogens is 1. The van der Waals surface area contributed by atoms with Crippen molar-refractivity contribution in [2.75, 3.05) is 26.7 Å². The Labute approximate surface area is 145 Å². The largest absolute Gasteiger partial charge is 0.351 e. The number of pyridine rings is 1. The van der Waals surface area contributed by atoms with Crippen LogP contribution in [0.3, 0.4) is 0 Å². The van der Waals surface area contributed by atoms with Crippen molar-refractivity contribution in [3.8, 4) is 0 Å². The van der Waals surface area contributed by atoms with Crippen LogP contribution in [-0.4, -0.2) is 48.3 Å². The van der Waals surface area contributed by atoms with Gasteiger partial charge in [-0.05, 0) is 18.5 Å². The first-order valence-electron chi connectivity index (χ1n) is 8.37. The Kier molecular flexibility index (Phi) is 6.67. The fourth-order valence-electron chi connectivity index (χ4n) is 2.52. The van der Waals surface area contributed by atoms with Crippen molar-refractivity contribution < 1.29 is 9.59 Å². The molecule has 0 radical (unpaired) electrons. The van der Waals surface area contributed by atoms with E-state index in [2.05, 4.69) is 36.0 Å². The standard InChI is InChI=1S/C19H31N3O2/c1-18(2,3)13-22(7)11-10-21-17(24)14-8-9-20-12-15(14)16(23)19(4,5)6/h8-9,12H,10-11,13H2,1-7H3,(H,21,24). The minimum atomic E-state index is -0.551. The highest BCUT2D eigenvalue weighted by Crippen LogP contribution is 2.22. The van der Waals surface area contributed by atoms with Crippen molar-refractivity contribution >= 4 is 11.7 Å². The zero-order valence-electron chi connectivity index (χ0n) is 16.1. The Balaban J connectivity index is 2.71. The number of ketones is 1. The molecule has 0 aliphatic rings. The molecule has 0 atom stereocenters. The van der Waals surface area contributed by atoms with Crippen LogP contribution in [0.5, 0.6) is 0 Å². The SMILES string of the molecule is CN(CCNC(=O)c1ccncc1C(=O)C(C)(C)C)CC(C)(C)C. The van der Waals surface area contributed by atoms with Gasteiger partial charge in [-0.15, -0.1) is 0 Å². The van der Waals surface area contributed by atoms with E-state index in [1.807, 2.05) is 27.8 Å². The summed E-state index contributed by atoms with van der Waals surface area (Å²) in [7, 11) is 2.04. The average molecular weight is 333 g/mol. The third kappa shape index (κ3) is 6.40. The second-order valence-electron chi connectivity index (χ2n) is 8.55. The fourth-order valence-corrected chi connectivity index (χ4v) is 2.52. The van der Waals surface area contributed by atoms with Gasteiger partial charge in [0.25, 0.3) is 5.91 Å². The van der Waals surface area contributed by atoms with Gasteiger partial charge in [0, 0.05) is 43.0 Å². The zero-order chi connectivity index (χ0) is 18.5. The van der Waals surface area contributed by atoms with Crippen LogP contribution in [0, 0.1) is 10.8 Å². The lowest BCUT2D eigenvalue weighted by molar-refractivity contribution is 0.0846. The van der Waals surface area contributed by atoms with E-state index in [-0.39, 0.29) is 17.1 Å². The van der Waals surface area contributed by atoms with Crippen molar-refractivity contribution in [2.45, 2.75) is 41.5 Å². The van der Waals surface area contributed by atoms with E-state index in [1.165, 1.54) is 6.20 Å². The summed E-state index contributed by atoms with van der Waals surface area (Å²) in [4.78, 5) is 31.1. The topological polar surface area (TPSA) is 62.3 Å². The maximum atomic E-state index is 12.5. The highest BCUT2D eigenvalue weighted by atomic mass is 16.2. The molecule has 1 N–H and O–H groups in total. The average Bonchev–Trinajstić information content (AvgIpc) is 2.43. The van der Waals surface area contributed by atoms with Crippen LogP contribution in [0.25, 0.3) is 0 Å². The summed E-state index contributed by atoms with van der Waals surface area (Å²) in [5.41, 5.74) is 0.440. The van der Waals surface area contributed by atoms with Crippen LogP contribution in [0.2, 0.25) is 0 Å². The minimum Gasteiger partial charge on any atom is -0.351 e. The van der Waals surface area contributed by atoms with Gasteiger partial charge in [0.1, 0.15) is 0 Å². The van der Waals surface area contributed by atoms with E-state index in [1.54, 1.807) is 12.3 Å². The van der Waals surface area contributed by atoms with E-state index in [4.69, 9.17) is 0 Å². The zero-order valence-corrected chi connectivity index (χ0v) is 16.1. The highest BCUT2D eigenvalue weighted by Gasteiger charge is 2.27. The smallest absolute Gasteiger partial charge is 0.252 e. The molecule has 1 aromatic rings. The summed E-state index contributed by atoms with van der Waals surface area (Å²) in [6.45, 7) is 14.3. The van der Waals surface area contributed by atoms with Gasteiger partial charge in [-0.3, -0.25) is 14.6 Å². The number of carbonyl (C=O) groups excluding carboxylic acids is 2. The molecule has 0 bridgehead atoms. The number of Topliss-reactive ketones (excluding diaryl/α,β-unsaturated/α-hetero) is 1. The fraction of sp³-hybridized carbons (Fsp3) is 0.632. The summed E-state index contributed by atoms with van der Waals surface area (Å²) >= 11 is 0. The summed E-state index contributed by atoms with van der Waals surface area (Å²) in [6, 6.07) is 1.60. The second kappa shape index (κ2) is 7.88. The monoisotopic (exact) mass is 333 g/mol. The van der Waals surface area contributed by atoms with Crippen LogP contribution >= 0.6 is 0 Å². The molecule has 24 heavy (non-hydrogen) atoms. The second-order valence-corrected chi connectivity index (χ2v) is 8.55. The van der Waals surface area contributed by atoms with E-state index in [0.29, 0.717) is 17.7 Å². The molecule has 134 valence electrons. The number of hydrogen-bond acceptors (Lipinski definition) is 4. The lowest BCUT2D eigenvalue weighted by atomic mass is 9.85. The molecule has 0 saturated carbocycles. The van der Waals surface area contributed by atoms with Crippen molar-refractivity contribution in [2.24, 2.45) is 10.8 Å². The summed E-state index contributed by atoms with van der Waals surface area (Å²) in [5, 5.41) is 2.90. The summed E-state index contributed by atoms with van der Waals surface area (Å²) < 4.78 is 0. The minimum absolute atomic E-state index is 0.0781. The molecule has 0 aliphatic heterocycles. The molecular weight excluding hydrogens is 302 g/mol. The molecule has 1 amide bonds. The van der Waals surface area contributed by atoms with Crippen LogP contribution in [-0.2, 0) is 0 Å². The molecular formula is C19H31N3O2. The Morgan fingerprint density at radius 3 is 2.29 bits per heavy atom. The Morgan fingerprint density at radius 2 is 1.75 bits per heavy atom. The third-order valence-electron chi connectivity index (χ3n) is 3.51. The molecule has 5 heteroatoms. The first-order valence-corrected chi connectivity index (χ1v) is 8.37. The number of nitrogens with one attached hydrogen (secondary N) is 1. The summed E-state index contributed by atoms with van der Waals surface area (Å²) in [6.07, 6.45) is 3.02. The number of nitrogens with zero attached hydrogens (tertiary/aromatic N) is 2. The number of amides is 1. The predicted octanol–water partition coefficient (Wildman–Crippen LogP) is 3.02. The highest BCUT2D eigenvalue weighted by molar-refractivity contribution is 6.09. The maximum Gasteiger partial charge on any atom is 0.252 e. The van der Waals surface area contributed by atoms with E-state index < -0.39 is 5.41 Å². The van der Waals surface area contributed by atoms with E-state index >= 15 is 0 Å². The Morgan fingerprint density at radius 1 is 1.12 bits per heavy atom. The van der Waals surface area contributed by atoms with Gasteiger partial charge in [0.2, 0.25) is 0 Å². The van der Waals surface area contributed by atoms with Crippen LogP contribution in [0.4, 0.5) is 0 Å². The van der Waals surface area contributed by atoms with E-state index in [9.17, 15) is 9.59 Å². The van der Waals surface area contributed by atoms with Crippen molar-refractivity contribution in [3.63, 3.8) is 0 Å². The molecule has 0 saturated heterocycles. The molecule has 0 aliphatic carbocycles. The lowest BCUT2D eigenvalue weighted by Crippen LogP contribution is -2.37. The number of rotatable bonds is 6. The van der Waals surface area contributed by atoms with Gasteiger partial charge in [-0.25, -0.2) is 0 Å². The third-order valence-corrected chi connectivity index (χ3v) is 3.51. The van der Waals surface area contributed by atoms with Crippen molar-refractivity contribution in [1.29, 1.82) is 0 Å². The van der Waals surface area contributed by atoms with Gasteiger partial charge in [-0.1, -0.05) is 41.5 Å². The maximum absolute atomic E-state index is 12.5. The van der Waals surface area contributed by atoms with Gasteiger partial charge >= 0.3 is 0 Å². The summed E-state index contributed by atoms with van der Waals surface area (Å²) in [5.74, 6) is -0.306. The molecule has 0 fully saturated rings. The Bertz CT molecular complexity index is 583. The number of carbonyl (C=O) groups is 2. The number of likely N-dealkylation sites (N-methyl/N-ethyl adjacent to an activating group) is 1. The normalized spacial score (nSPS) is 12.3. The molecule has 5 nitrogen and oxygen atoms in total. The molecule has 1 rings (SSSR count). The van der Waals surface area contributed by atoms with Gasteiger partial charge < -0.3 is 10.2 Å². The van der Waals surface area contributed by atoms with Gasteiger partial charge in [-0.2, -0.15) is 0 Å². The molecule has 0 aromatic carbocycles. The van der Waals surface area contributed by atoms with Crippen LogP contribution in [0.15, 0.2) is 18.5 Å². The first kappa shape index (κ1) is 20.3.